The summed E-state index contributed by atoms with van der Waals surface area (Å²) in [6.45, 7) is 0.430. The van der Waals surface area contributed by atoms with E-state index >= 15 is 0 Å². The van der Waals surface area contributed by atoms with Gasteiger partial charge in [0, 0.05) is 19.4 Å². The lowest BCUT2D eigenvalue weighted by Gasteiger charge is -2.06. The average Bonchev–Trinajstić information content (AvgIpc) is 3.17. The summed E-state index contributed by atoms with van der Waals surface area (Å²) in [7, 11) is 0. The van der Waals surface area contributed by atoms with E-state index in [-0.39, 0.29) is 17.9 Å². The fraction of sp³-hybridized carbons (Fsp3) is 0.190. The van der Waals surface area contributed by atoms with Crippen LogP contribution >= 0.6 is 11.3 Å². The molecule has 4 rings (SSSR count). The number of para-hydroxylation sites is 1. The Bertz CT molecular complexity index is 1190. The molecule has 0 spiro atoms. The smallest absolute Gasteiger partial charge is 0.261 e. The van der Waals surface area contributed by atoms with Crippen LogP contribution in [0.2, 0.25) is 0 Å². The number of carbonyl (C=O) groups excluding carboxylic acids is 1. The van der Waals surface area contributed by atoms with Gasteiger partial charge in [-0.15, -0.1) is 10.2 Å². The van der Waals surface area contributed by atoms with Gasteiger partial charge in [0.2, 0.25) is 11.0 Å². The summed E-state index contributed by atoms with van der Waals surface area (Å²) < 4.78 is 1.54. The second-order valence-electron chi connectivity index (χ2n) is 6.58. The molecule has 0 saturated carbocycles. The third kappa shape index (κ3) is 4.72. The van der Waals surface area contributed by atoms with E-state index in [9.17, 15) is 9.59 Å². The molecular weight excluding hydrogens is 386 g/mol. The van der Waals surface area contributed by atoms with Crippen LogP contribution in [-0.2, 0) is 17.8 Å². The third-order valence-electron chi connectivity index (χ3n) is 4.45. The van der Waals surface area contributed by atoms with Crippen molar-refractivity contribution in [1.29, 1.82) is 0 Å². The van der Waals surface area contributed by atoms with Gasteiger partial charge in [-0.1, -0.05) is 53.8 Å². The van der Waals surface area contributed by atoms with Gasteiger partial charge in [-0.3, -0.25) is 14.2 Å². The van der Waals surface area contributed by atoms with Crippen LogP contribution in [0.25, 0.3) is 10.9 Å². The quantitative estimate of drug-likeness (QED) is 0.510. The first-order valence-corrected chi connectivity index (χ1v) is 10.1. The maximum atomic E-state index is 12.5. The van der Waals surface area contributed by atoms with E-state index in [0.29, 0.717) is 35.4 Å². The monoisotopic (exact) mass is 405 g/mol. The molecule has 2 heterocycles. The molecule has 1 amide bonds. The summed E-state index contributed by atoms with van der Waals surface area (Å²) in [6.07, 6.45) is 3.03. The van der Waals surface area contributed by atoms with Crippen LogP contribution in [-0.4, -0.2) is 25.7 Å². The highest BCUT2D eigenvalue weighted by atomic mass is 32.1. The van der Waals surface area contributed by atoms with Crippen LogP contribution < -0.4 is 10.9 Å². The van der Waals surface area contributed by atoms with Gasteiger partial charge in [-0.2, -0.15) is 0 Å². The zero-order valence-electron chi connectivity index (χ0n) is 15.6. The van der Waals surface area contributed by atoms with E-state index in [1.165, 1.54) is 17.7 Å². The Morgan fingerprint density at radius 1 is 1.03 bits per heavy atom. The van der Waals surface area contributed by atoms with Gasteiger partial charge in [0.05, 0.1) is 17.2 Å². The molecule has 146 valence electrons. The highest BCUT2D eigenvalue weighted by Crippen LogP contribution is 2.18. The number of hydrogen-bond acceptors (Lipinski definition) is 6. The zero-order chi connectivity index (χ0) is 20.1. The molecule has 8 heteroatoms. The normalized spacial score (nSPS) is 10.9. The number of anilines is 1. The maximum Gasteiger partial charge on any atom is 0.261 e. The van der Waals surface area contributed by atoms with Crippen LogP contribution in [0.5, 0.6) is 0 Å². The molecule has 0 aliphatic rings. The van der Waals surface area contributed by atoms with E-state index in [4.69, 9.17) is 0 Å². The number of nitrogens with one attached hydrogen (secondary N) is 1. The molecule has 0 radical (unpaired) electrons. The van der Waals surface area contributed by atoms with E-state index in [0.717, 1.165) is 10.6 Å². The summed E-state index contributed by atoms with van der Waals surface area (Å²) in [5, 5.41) is 12.9. The molecule has 1 N–H and O–H groups in total. The summed E-state index contributed by atoms with van der Waals surface area (Å²) in [5.41, 5.74) is 1.73. The van der Waals surface area contributed by atoms with Crippen molar-refractivity contribution in [1.82, 2.24) is 19.7 Å². The number of carbonyl (C=O) groups is 1. The van der Waals surface area contributed by atoms with Crippen LogP contribution in [0.1, 0.15) is 23.4 Å². The van der Waals surface area contributed by atoms with Gasteiger partial charge >= 0.3 is 0 Å². The Morgan fingerprint density at radius 2 is 1.83 bits per heavy atom. The molecule has 2 aromatic carbocycles. The molecule has 0 atom stereocenters. The number of aryl methyl sites for hydroxylation is 1. The first-order valence-electron chi connectivity index (χ1n) is 9.29. The van der Waals surface area contributed by atoms with Crippen molar-refractivity contribution in [3.63, 3.8) is 0 Å². The molecule has 0 saturated heterocycles. The first-order chi connectivity index (χ1) is 14.2. The lowest BCUT2D eigenvalue weighted by molar-refractivity contribution is -0.116. The summed E-state index contributed by atoms with van der Waals surface area (Å²) in [4.78, 5) is 28.9. The van der Waals surface area contributed by atoms with Gasteiger partial charge in [0.25, 0.3) is 5.56 Å². The Labute approximate surface area is 171 Å². The molecule has 0 unspecified atom stereocenters. The van der Waals surface area contributed by atoms with Crippen molar-refractivity contribution in [3.8, 4) is 0 Å². The minimum absolute atomic E-state index is 0.0920. The number of aromatic nitrogens is 4. The van der Waals surface area contributed by atoms with Crippen molar-refractivity contribution in [3.05, 3.63) is 81.8 Å². The van der Waals surface area contributed by atoms with Crippen molar-refractivity contribution in [2.24, 2.45) is 0 Å². The minimum Gasteiger partial charge on any atom is -0.301 e. The predicted octanol–water partition coefficient (Wildman–Crippen LogP) is 3.26. The lowest BCUT2D eigenvalue weighted by atomic mass is 10.2. The van der Waals surface area contributed by atoms with Gasteiger partial charge in [-0.25, -0.2) is 4.98 Å². The Morgan fingerprint density at radius 3 is 2.69 bits per heavy atom. The topological polar surface area (TPSA) is 89.8 Å². The van der Waals surface area contributed by atoms with Crippen molar-refractivity contribution >= 4 is 33.3 Å². The van der Waals surface area contributed by atoms with Crippen LogP contribution in [0, 0.1) is 0 Å². The summed E-state index contributed by atoms with van der Waals surface area (Å²) in [5.74, 6) is -0.144. The number of nitrogens with zero attached hydrogens (tertiary/aromatic N) is 4. The van der Waals surface area contributed by atoms with E-state index in [1.807, 2.05) is 48.5 Å². The van der Waals surface area contributed by atoms with Crippen LogP contribution in [0.4, 0.5) is 5.13 Å². The molecule has 0 bridgehead atoms. The van der Waals surface area contributed by atoms with E-state index in [1.54, 1.807) is 10.6 Å². The molecule has 4 aromatic rings. The second-order valence-corrected chi connectivity index (χ2v) is 7.64. The maximum absolute atomic E-state index is 12.5. The highest BCUT2D eigenvalue weighted by Gasteiger charge is 2.09. The third-order valence-corrected chi connectivity index (χ3v) is 5.28. The van der Waals surface area contributed by atoms with E-state index in [2.05, 4.69) is 20.5 Å². The van der Waals surface area contributed by atoms with Crippen molar-refractivity contribution in [2.45, 2.75) is 25.8 Å². The lowest BCUT2D eigenvalue weighted by Crippen LogP contribution is -2.21. The average molecular weight is 405 g/mol. The standard InChI is InChI=1S/C21H19N5O2S/c27-18(23-21-25-24-19(29-21)13-15-7-2-1-3-8-15)11-6-12-26-14-22-17-10-5-4-9-16(17)20(26)28/h1-5,7-10,14H,6,11-13H2,(H,23,25,27). The van der Waals surface area contributed by atoms with Crippen LogP contribution in [0.15, 0.2) is 65.7 Å². The number of rotatable bonds is 7. The predicted molar refractivity (Wildman–Crippen MR) is 113 cm³/mol. The van der Waals surface area contributed by atoms with Gasteiger partial charge < -0.3 is 5.32 Å². The summed E-state index contributed by atoms with van der Waals surface area (Å²) >= 11 is 1.37. The fourth-order valence-electron chi connectivity index (χ4n) is 3.00. The molecule has 2 aromatic heterocycles. The van der Waals surface area contributed by atoms with Crippen molar-refractivity contribution in [2.75, 3.05) is 5.32 Å². The van der Waals surface area contributed by atoms with Crippen molar-refractivity contribution < 1.29 is 4.79 Å². The molecule has 7 nitrogen and oxygen atoms in total. The zero-order valence-corrected chi connectivity index (χ0v) is 16.4. The number of hydrogen-bond donors (Lipinski definition) is 1. The molecular formula is C21H19N5O2S. The fourth-order valence-corrected chi connectivity index (χ4v) is 3.79. The Balaban J connectivity index is 1.30. The van der Waals surface area contributed by atoms with Gasteiger partial charge in [-0.05, 0) is 24.1 Å². The second kappa shape index (κ2) is 8.74. The SMILES string of the molecule is O=C(CCCn1cnc2ccccc2c1=O)Nc1nnc(Cc2ccccc2)s1. The highest BCUT2D eigenvalue weighted by molar-refractivity contribution is 7.15. The minimum atomic E-state index is -0.144. The summed E-state index contributed by atoms with van der Waals surface area (Å²) in [6, 6.07) is 17.2. The molecule has 29 heavy (non-hydrogen) atoms. The number of fused-ring (bicyclic) bond motifs is 1. The molecule has 0 fully saturated rings. The molecule has 0 aliphatic carbocycles. The first kappa shape index (κ1) is 18.9. The Kier molecular flexibility index (Phi) is 5.71. The number of amides is 1. The molecule has 0 aliphatic heterocycles. The van der Waals surface area contributed by atoms with Gasteiger partial charge in [0.1, 0.15) is 5.01 Å². The van der Waals surface area contributed by atoms with Gasteiger partial charge in [0.15, 0.2) is 0 Å². The largest absolute Gasteiger partial charge is 0.301 e. The number of benzene rings is 2. The van der Waals surface area contributed by atoms with Crippen LogP contribution in [0.3, 0.4) is 0 Å². The Hall–Kier alpha value is -3.39. The van der Waals surface area contributed by atoms with E-state index < -0.39 is 0 Å².